The SMILES string of the molecule is CNCCC(C)NCc1ccc(C(=O)Nc2cc(-c3ccccc3)ccc2N)cc1. The number of hydrogen-bond donors (Lipinski definition) is 4. The van der Waals surface area contributed by atoms with Crippen molar-refractivity contribution in [1.82, 2.24) is 10.6 Å². The fourth-order valence-electron chi connectivity index (χ4n) is 3.20. The standard InChI is InChI=1S/C25H30N4O/c1-18(14-15-27-2)28-17-19-8-10-21(11-9-19)25(30)29-24-16-22(12-13-23(24)26)20-6-4-3-5-7-20/h3-13,16,18,27-28H,14-15,17,26H2,1-2H3,(H,29,30). The van der Waals surface area contributed by atoms with E-state index in [0.717, 1.165) is 36.2 Å². The Hall–Kier alpha value is -3.15. The molecule has 0 saturated carbocycles. The molecular weight excluding hydrogens is 372 g/mol. The fraction of sp³-hybridized carbons (Fsp3) is 0.240. The van der Waals surface area contributed by atoms with Crippen LogP contribution in [0, 0.1) is 0 Å². The van der Waals surface area contributed by atoms with Crippen LogP contribution in [0.3, 0.4) is 0 Å². The van der Waals surface area contributed by atoms with Crippen LogP contribution in [-0.4, -0.2) is 25.5 Å². The molecule has 0 bridgehead atoms. The molecule has 5 heteroatoms. The van der Waals surface area contributed by atoms with Gasteiger partial charge in [0.1, 0.15) is 0 Å². The quantitative estimate of drug-likeness (QED) is 0.403. The molecule has 30 heavy (non-hydrogen) atoms. The Labute approximate surface area is 178 Å². The molecule has 156 valence electrons. The van der Waals surface area contributed by atoms with Gasteiger partial charge >= 0.3 is 0 Å². The number of carbonyl (C=O) groups is 1. The summed E-state index contributed by atoms with van der Waals surface area (Å²) in [5.74, 6) is -0.172. The maximum atomic E-state index is 12.7. The number of amides is 1. The molecule has 0 aliphatic rings. The molecule has 0 spiro atoms. The van der Waals surface area contributed by atoms with Gasteiger partial charge in [0.25, 0.3) is 5.91 Å². The van der Waals surface area contributed by atoms with Crippen molar-refractivity contribution in [3.05, 3.63) is 83.9 Å². The lowest BCUT2D eigenvalue weighted by atomic mass is 10.0. The van der Waals surface area contributed by atoms with E-state index in [0.29, 0.717) is 23.0 Å². The molecule has 3 aromatic rings. The lowest BCUT2D eigenvalue weighted by molar-refractivity contribution is 0.102. The number of benzene rings is 3. The van der Waals surface area contributed by atoms with Crippen molar-refractivity contribution in [2.75, 3.05) is 24.6 Å². The van der Waals surface area contributed by atoms with Gasteiger partial charge < -0.3 is 21.7 Å². The molecule has 1 amide bonds. The molecule has 0 saturated heterocycles. The summed E-state index contributed by atoms with van der Waals surface area (Å²) in [4.78, 5) is 12.7. The van der Waals surface area contributed by atoms with Crippen molar-refractivity contribution in [2.45, 2.75) is 25.9 Å². The number of nitrogen functional groups attached to an aromatic ring is 1. The Morgan fingerprint density at radius 1 is 0.967 bits per heavy atom. The predicted octanol–water partition coefficient (Wildman–Crippen LogP) is 4.28. The highest BCUT2D eigenvalue weighted by atomic mass is 16.1. The second-order valence-corrected chi connectivity index (χ2v) is 7.49. The van der Waals surface area contributed by atoms with E-state index < -0.39 is 0 Å². The third-order valence-electron chi connectivity index (χ3n) is 5.11. The Bertz CT molecular complexity index is 955. The average Bonchev–Trinajstić information content (AvgIpc) is 2.78. The van der Waals surface area contributed by atoms with E-state index >= 15 is 0 Å². The minimum Gasteiger partial charge on any atom is -0.397 e. The van der Waals surface area contributed by atoms with Gasteiger partial charge in [-0.3, -0.25) is 4.79 Å². The Balaban J connectivity index is 1.63. The van der Waals surface area contributed by atoms with Gasteiger partial charge in [-0.1, -0.05) is 48.5 Å². The van der Waals surface area contributed by atoms with Crippen LogP contribution in [0.4, 0.5) is 11.4 Å². The number of anilines is 2. The maximum absolute atomic E-state index is 12.7. The molecule has 1 atom stereocenters. The van der Waals surface area contributed by atoms with Crippen LogP contribution in [-0.2, 0) is 6.54 Å². The van der Waals surface area contributed by atoms with Crippen molar-refractivity contribution in [3.8, 4) is 11.1 Å². The first-order valence-electron chi connectivity index (χ1n) is 10.3. The van der Waals surface area contributed by atoms with Crippen LogP contribution in [0.25, 0.3) is 11.1 Å². The third-order valence-corrected chi connectivity index (χ3v) is 5.11. The van der Waals surface area contributed by atoms with Crippen LogP contribution >= 0.6 is 0 Å². The van der Waals surface area contributed by atoms with Gasteiger partial charge in [-0.05, 0) is 67.9 Å². The molecule has 5 nitrogen and oxygen atoms in total. The highest BCUT2D eigenvalue weighted by Crippen LogP contribution is 2.27. The number of nitrogens with one attached hydrogen (secondary N) is 3. The van der Waals surface area contributed by atoms with Crippen LogP contribution in [0.15, 0.2) is 72.8 Å². The number of carbonyl (C=O) groups excluding carboxylic acids is 1. The van der Waals surface area contributed by atoms with Crippen molar-refractivity contribution in [1.29, 1.82) is 0 Å². The van der Waals surface area contributed by atoms with Gasteiger partial charge in [-0.2, -0.15) is 0 Å². The molecule has 0 aliphatic carbocycles. The summed E-state index contributed by atoms with van der Waals surface area (Å²) in [6.45, 7) is 3.94. The summed E-state index contributed by atoms with van der Waals surface area (Å²) in [7, 11) is 1.96. The minimum atomic E-state index is -0.172. The molecule has 0 fully saturated rings. The molecule has 1 unspecified atom stereocenters. The molecular formula is C25H30N4O. The Morgan fingerprint density at radius 2 is 1.70 bits per heavy atom. The van der Waals surface area contributed by atoms with E-state index in [4.69, 9.17) is 5.73 Å². The number of rotatable bonds is 9. The zero-order valence-electron chi connectivity index (χ0n) is 17.6. The van der Waals surface area contributed by atoms with Gasteiger partial charge in [0, 0.05) is 18.2 Å². The van der Waals surface area contributed by atoms with Gasteiger partial charge in [-0.15, -0.1) is 0 Å². The minimum absolute atomic E-state index is 0.172. The molecule has 0 radical (unpaired) electrons. The summed E-state index contributed by atoms with van der Waals surface area (Å²) in [5.41, 5.74) is 11.1. The Morgan fingerprint density at radius 3 is 2.40 bits per heavy atom. The normalized spacial score (nSPS) is 11.8. The molecule has 3 rings (SSSR count). The summed E-state index contributed by atoms with van der Waals surface area (Å²) in [6.07, 6.45) is 1.07. The zero-order chi connectivity index (χ0) is 21.3. The first-order valence-corrected chi connectivity index (χ1v) is 10.3. The largest absolute Gasteiger partial charge is 0.397 e. The summed E-state index contributed by atoms with van der Waals surface area (Å²) in [6, 6.07) is 23.8. The lowest BCUT2D eigenvalue weighted by Gasteiger charge is -2.14. The molecule has 3 aromatic carbocycles. The van der Waals surface area contributed by atoms with E-state index in [1.54, 1.807) is 0 Å². The molecule has 0 heterocycles. The molecule has 0 aliphatic heterocycles. The highest BCUT2D eigenvalue weighted by molar-refractivity contribution is 6.06. The summed E-state index contributed by atoms with van der Waals surface area (Å²) < 4.78 is 0. The lowest BCUT2D eigenvalue weighted by Crippen LogP contribution is -2.28. The smallest absolute Gasteiger partial charge is 0.255 e. The molecule has 5 N–H and O–H groups in total. The van der Waals surface area contributed by atoms with E-state index in [9.17, 15) is 4.79 Å². The molecule has 0 aromatic heterocycles. The van der Waals surface area contributed by atoms with E-state index in [1.807, 2.05) is 79.8 Å². The van der Waals surface area contributed by atoms with Crippen LogP contribution in [0.1, 0.15) is 29.3 Å². The number of nitrogens with two attached hydrogens (primary N) is 1. The zero-order valence-corrected chi connectivity index (χ0v) is 17.6. The first-order chi connectivity index (χ1) is 14.6. The highest BCUT2D eigenvalue weighted by Gasteiger charge is 2.10. The predicted molar refractivity (Wildman–Crippen MR) is 126 cm³/mol. The second kappa shape index (κ2) is 10.6. The van der Waals surface area contributed by atoms with Gasteiger partial charge in [0.15, 0.2) is 0 Å². The van der Waals surface area contributed by atoms with Crippen LogP contribution in [0.2, 0.25) is 0 Å². The summed E-state index contributed by atoms with van der Waals surface area (Å²) >= 11 is 0. The van der Waals surface area contributed by atoms with Crippen LogP contribution in [0.5, 0.6) is 0 Å². The van der Waals surface area contributed by atoms with Gasteiger partial charge in [0.05, 0.1) is 11.4 Å². The Kier molecular flexibility index (Phi) is 7.60. The number of hydrogen-bond acceptors (Lipinski definition) is 4. The fourth-order valence-corrected chi connectivity index (χ4v) is 3.20. The van der Waals surface area contributed by atoms with Crippen molar-refractivity contribution in [2.24, 2.45) is 0 Å². The maximum Gasteiger partial charge on any atom is 0.255 e. The third kappa shape index (κ3) is 5.92. The first kappa shape index (κ1) is 21.6. The van der Waals surface area contributed by atoms with Gasteiger partial charge in [0.2, 0.25) is 0 Å². The second-order valence-electron chi connectivity index (χ2n) is 7.49. The van der Waals surface area contributed by atoms with E-state index in [2.05, 4.69) is 22.9 Å². The van der Waals surface area contributed by atoms with Crippen molar-refractivity contribution >= 4 is 17.3 Å². The van der Waals surface area contributed by atoms with Crippen molar-refractivity contribution < 1.29 is 4.79 Å². The average molecular weight is 403 g/mol. The van der Waals surface area contributed by atoms with Crippen molar-refractivity contribution in [3.63, 3.8) is 0 Å². The van der Waals surface area contributed by atoms with E-state index in [-0.39, 0.29) is 5.91 Å². The van der Waals surface area contributed by atoms with Gasteiger partial charge in [-0.25, -0.2) is 0 Å². The summed E-state index contributed by atoms with van der Waals surface area (Å²) in [5, 5.41) is 9.60. The van der Waals surface area contributed by atoms with E-state index in [1.165, 1.54) is 0 Å². The van der Waals surface area contributed by atoms with Crippen LogP contribution < -0.4 is 21.7 Å². The topological polar surface area (TPSA) is 79.2 Å². The monoisotopic (exact) mass is 402 g/mol.